The molecule has 0 aromatic heterocycles. The van der Waals surface area contributed by atoms with Crippen molar-refractivity contribution in [1.29, 1.82) is 0 Å². The summed E-state index contributed by atoms with van der Waals surface area (Å²) in [5.74, 6) is 0.0397. The summed E-state index contributed by atoms with van der Waals surface area (Å²) in [6, 6.07) is 4.02. The lowest BCUT2D eigenvalue weighted by Gasteiger charge is -2.22. The first-order chi connectivity index (χ1) is 9.54. The monoisotopic (exact) mass is 344 g/mol. The zero-order valence-electron chi connectivity index (χ0n) is 11.5. The number of hydrogen-bond donors (Lipinski definition) is 0. The molecule has 0 aliphatic heterocycles. The second-order valence-electron chi connectivity index (χ2n) is 4.12. The minimum atomic E-state index is -0.515. The molecule has 0 saturated carbocycles. The molecule has 0 aliphatic carbocycles. The first kappa shape index (κ1) is 16.4. The molecule has 1 aromatic rings. The lowest BCUT2D eigenvalue weighted by molar-refractivity contribution is -0.384. The highest BCUT2D eigenvalue weighted by Crippen LogP contribution is 2.25. The number of halogens is 1. The fourth-order valence-corrected chi connectivity index (χ4v) is 2.26. The largest absolute Gasteiger partial charge is 0.496 e. The normalized spacial score (nSPS) is 10.2. The molecule has 7 heteroatoms. The Labute approximate surface area is 126 Å². The Hall–Kier alpha value is -1.63. The molecule has 0 aliphatic rings. The Morgan fingerprint density at radius 1 is 1.45 bits per heavy atom. The van der Waals surface area contributed by atoms with E-state index in [4.69, 9.17) is 4.74 Å². The number of nitro groups is 1. The average molecular weight is 345 g/mol. The number of hydrogen-bond acceptors (Lipinski definition) is 4. The van der Waals surface area contributed by atoms with Crippen LogP contribution in [-0.4, -0.2) is 41.3 Å². The first-order valence-corrected chi connectivity index (χ1v) is 7.35. The van der Waals surface area contributed by atoms with Gasteiger partial charge in [0.1, 0.15) is 5.75 Å². The van der Waals surface area contributed by atoms with Crippen molar-refractivity contribution in [2.45, 2.75) is 13.3 Å². The Morgan fingerprint density at radius 3 is 2.65 bits per heavy atom. The Kier molecular flexibility index (Phi) is 6.44. The third-order valence-electron chi connectivity index (χ3n) is 2.76. The molecule has 0 radical (unpaired) electrons. The molecule has 0 bridgehead atoms. The van der Waals surface area contributed by atoms with E-state index in [1.807, 2.05) is 6.92 Å². The molecular weight excluding hydrogens is 328 g/mol. The number of carbonyl (C=O) groups excluding carboxylic acids is 1. The molecule has 0 heterocycles. The van der Waals surface area contributed by atoms with Crippen molar-refractivity contribution >= 4 is 27.5 Å². The van der Waals surface area contributed by atoms with Crippen LogP contribution in [0.1, 0.15) is 23.7 Å². The van der Waals surface area contributed by atoms with E-state index in [-0.39, 0.29) is 17.3 Å². The molecule has 20 heavy (non-hydrogen) atoms. The molecular formula is C13H17BrN2O4. The maximum atomic E-state index is 12.4. The van der Waals surface area contributed by atoms with Crippen LogP contribution in [0.25, 0.3) is 0 Å². The average Bonchev–Trinajstić information content (AvgIpc) is 2.45. The van der Waals surface area contributed by atoms with Crippen molar-refractivity contribution in [1.82, 2.24) is 4.90 Å². The summed E-state index contributed by atoms with van der Waals surface area (Å²) in [5.41, 5.74) is 0.244. The number of methoxy groups -OCH3 is 1. The lowest BCUT2D eigenvalue weighted by Crippen LogP contribution is -2.33. The summed E-state index contributed by atoms with van der Waals surface area (Å²) in [7, 11) is 1.39. The first-order valence-electron chi connectivity index (χ1n) is 6.22. The summed E-state index contributed by atoms with van der Waals surface area (Å²) < 4.78 is 5.10. The minimum Gasteiger partial charge on any atom is -0.496 e. The third kappa shape index (κ3) is 3.93. The smallest absolute Gasteiger partial charge is 0.273 e. The number of rotatable bonds is 7. The third-order valence-corrected chi connectivity index (χ3v) is 3.12. The predicted octanol–water partition coefficient (Wildman–Crippen LogP) is 2.85. The highest BCUT2D eigenvalue weighted by atomic mass is 79.9. The highest BCUT2D eigenvalue weighted by Gasteiger charge is 2.21. The van der Waals surface area contributed by atoms with Crippen LogP contribution in [0.2, 0.25) is 0 Å². The number of carbonyl (C=O) groups is 1. The van der Waals surface area contributed by atoms with E-state index in [0.29, 0.717) is 24.0 Å². The zero-order chi connectivity index (χ0) is 15.1. The van der Waals surface area contributed by atoms with Gasteiger partial charge in [-0.05, 0) is 12.5 Å². The maximum absolute atomic E-state index is 12.4. The SMILES string of the molecule is CCCN(CCBr)C(=O)c1ccc([N+](=O)[O-])cc1OC. The van der Waals surface area contributed by atoms with Gasteiger partial charge in [0.15, 0.2) is 0 Å². The van der Waals surface area contributed by atoms with Crippen molar-refractivity contribution in [2.75, 3.05) is 25.5 Å². The summed E-state index contributed by atoms with van der Waals surface area (Å²) in [4.78, 5) is 24.4. The van der Waals surface area contributed by atoms with E-state index in [1.54, 1.807) is 4.90 Å². The quantitative estimate of drug-likeness (QED) is 0.433. The van der Waals surface area contributed by atoms with Crippen molar-refractivity contribution in [2.24, 2.45) is 0 Å². The molecule has 0 unspecified atom stereocenters. The van der Waals surface area contributed by atoms with Gasteiger partial charge in [0.05, 0.1) is 23.7 Å². The summed E-state index contributed by atoms with van der Waals surface area (Å²) in [6.07, 6.45) is 0.841. The number of non-ortho nitro benzene ring substituents is 1. The van der Waals surface area contributed by atoms with Crippen LogP contribution in [-0.2, 0) is 0 Å². The molecule has 1 aromatic carbocycles. The fraction of sp³-hybridized carbons (Fsp3) is 0.462. The van der Waals surface area contributed by atoms with E-state index in [0.717, 1.165) is 6.42 Å². The number of nitro benzene ring substituents is 1. The molecule has 110 valence electrons. The second kappa shape index (κ2) is 7.84. The summed E-state index contributed by atoms with van der Waals surface area (Å²) in [6.45, 7) is 3.19. The molecule has 6 nitrogen and oxygen atoms in total. The zero-order valence-corrected chi connectivity index (χ0v) is 13.1. The Balaban J connectivity index is 3.10. The summed E-state index contributed by atoms with van der Waals surface area (Å²) in [5, 5.41) is 11.4. The fourth-order valence-electron chi connectivity index (χ4n) is 1.83. The predicted molar refractivity (Wildman–Crippen MR) is 79.6 cm³/mol. The molecule has 0 spiro atoms. The van der Waals surface area contributed by atoms with Crippen molar-refractivity contribution in [3.8, 4) is 5.75 Å². The topological polar surface area (TPSA) is 72.7 Å². The van der Waals surface area contributed by atoms with Gasteiger partial charge in [-0.1, -0.05) is 22.9 Å². The van der Waals surface area contributed by atoms with Crippen LogP contribution in [0.5, 0.6) is 5.75 Å². The molecule has 0 N–H and O–H groups in total. The van der Waals surface area contributed by atoms with Gasteiger partial charge >= 0.3 is 0 Å². The van der Waals surface area contributed by atoms with Crippen LogP contribution >= 0.6 is 15.9 Å². The van der Waals surface area contributed by atoms with Crippen molar-refractivity contribution in [3.05, 3.63) is 33.9 Å². The van der Waals surface area contributed by atoms with E-state index in [1.165, 1.54) is 25.3 Å². The van der Waals surface area contributed by atoms with Gasteiger partial charge in [-0.15, -0.1) is 0 Å². The Morgan fingerprint density at radius 2 is 2.15 bits per heavy atom. The summed E-state index contributed by atoms with van der Waals surface area (Å²) >= 11 is 3.31. The van der Waals surface area contributed by atoms with Crippen LogP contribution in [0.15, 0.2) is 18.2 Å². The minimum absolute atomic E-state index is 0.0964. The van der Waals surface area contributed by atoms with E-state index in [2.05, 4.69) is 15.9 Å². The van der Waals surface area contributed by atoms with E-state index < -0.39 is 4.92 Å². The number of alkyl halides is 1. The van der Waals surface area contributed by atoms with Gasteiger partial charge in [0.25, 0.3) is 11.6 Å². The van der Waals surface area contributed by atoms with Gasteiger partial charge < -0.3 is 9.64 Å². The standard InChI is InChI=1S/C13H17BrN2O4/c1-3-7-15(8-6-14)13(17)11-5-4-10(16(18)19)9-12(11)20-2/h4-5,9H,3,6-8H2,1-2H3. The number of ether oxygens (including phenoxy) is 1. The second-order valence-corrected chi connectivity index (χ2v) is 4.92. The van der Waals surface area contributed by atoms with Gasteiger partial charge in [-0.2, -0.15) is 0 Å². The van der Waals surface area contributed by atoms with Crippen molar-refractivity contribution < 1.29 is 14.5 Å². The molecule has 0 fully saturated rings. The van der Waals surface area contributed by atoms with Crippen LogP contribution in [0.4, 0.5) is 5.69 Å². The highest BCUT2D eigenvalue weighted by molar-refractivity contribution is 9.09. The van der Waals surface area contributed by atoms with Crippen LogP contribution < -0.4 is 4.74 Å². The molecule has 0 saturated heterocycles. The van der Waals surface area contributed by atoms with E-state index >= 15 is 0 Å². The molecule has 1 rings (SSSR count). The lowest BCUT2D eigenvalue weighted by atomic mass is 10.1. The van der Waals surface area contributed by atoms with Gasteiger partial charge in [0, 0.05) is 24.5 Å². The van der Waals surface area contributed by atoms with Crippen LogP contribution in [0.3, 0.4) is 0 Å². The number of amides is 1. The molecule has 1 amide bonds. The number of nitrogens with zero attached hydrogens (tertiary/aromatic N) is 2. The Bertz CT molecular complexity index is 487. The van der Waals surface area contributed by atoms with Crippen LogP contribution in [0, 0.1) is 10.1 Å². The maximum Gasteiger partial charge on any atom is 0.273 e. The van der Waals surface area contributed by atoms with E-state index in [9.17, 15) is 14.9 Å². The van der Waals surface area contributed by atoms with Gasteiger partial charge in [-0.3, -0.25) is 14.9 Å². The number of benzene rings is 1. The van der Waals surface area contributed by atoms with Crippen molar-refractivity contribution in [3.63, 3.8) is 0 Å². The van der Waals surface area contributed by atoms with Gasteiger partial charge in [-0.25, -0.2) is 0 Å². The molecule has 0 atom stereocenters. The van der Waals surface area contributed by atoms with Gasteiger partial charge in [0.2, 0.25) is 0 Å².